The van der Waals surface area contributed by atoms with Crippen molar-refractivity contribution in [1.82, 2.24) is 25.7 Å². The fourth-order valence-electron chi connectivity index (χ4n) is 3.35. The van der Waals surface area contributed by atoms with Crippen molar-refractivity contribution >= 4 is 5.91 Å². The van der Waals surface area contributed by atoms with E-state index in [1.807, 2.05) is 6.92 Å². The van der Waals surface area contributed by atoms with Gasteiger partial charge in [0.25, 0.3) is 0 Å². The van der Waals surface area contributed by atoms with Crippen LogP contribution in [-0.4, -0.2) is 52.2 Å². The fourth-order valence-corrected chi connectivity index (χ4v) is 3.35. The topological polar surface area (TPSA) is 83.3 Å². The number of nitrogens with zero attached hydrogens (tertiary/aromatic N) is 3. The molecule has 1 aliphatic heterocycles. The van der Waals surface area contributed by atoms with Gasteiger partial charge in [-0.3, -0.25) is 9.69 Å². The van der Waals surface area contributed by atoms with Crippen molar-refractivity contribution in [3.05, 3.63) is 11.7 Å². The Labute approximate surface area is 142 Å². The molecule has 7 nitrogen and oxygen atoms in total. The van der Waals surface area contributed by atoms with Gasteiger partial charge in [-0.05, 0) is 52.0 Å². The van der Waals surface area contributed by atoms with Crippen LogP contribution in [0.15, 0.2) is 4.52 Å². The molecule has 7 heteroatoms. The van der Waals surface area contributed by atoms with Gasteiger partial charge in [0, 0.05) is 24.5 Å². The molecule has 1 saturated heterocycles. The molecule has 132 valence electrons. The van der Waals surface area contributed by atoms with Gasteiger partial charge < -0.3 is 15.2 Å². The van der Waals surface area contributed by atoms with Crippen molar-refractivity contribution in [2.24, 2.45) is 0 Å². The number of amides is 1. The number of nitrogens with one attached hydrogen (secondary N) is 2. The van der Waals surface area contributed by atoms with Gasteiger partial charge in [0.05, 0.1) is 12.6 Å². The van der Waals surface area contributed by atoms with Crippen molar-refractivity contribution in [2.75, 3.05) is 13.1 Å². The predicted molar refractivity (Wildman–Crippen MR) is 88.3 cm³/mol. The lowest BCUT2D eigenvalue weighted by molar-refractivity contribution is -0.123. The molecule has 0 unspecified atom stereocenters. The number of carbonyl (C=O) groups excluding carboxylic acids is 1. The Morgan fingerprint density at radius 2 is 2.12 bits per heavy atom. The van der Waals surface area contributed by atoms with E-state index < -0.39 is 0 Å². The minimum Gasteiger partial charge on any atom is -0.352 e. The second-order valence-electron chi connectivity index (χ2n) is 7.57. The van der Waals surface area contributed by atoms with Gasteiger partial charge in [-0.1, -0.05) is 5.16 Å². The number of hydrogen-bond acceptors (Lipinski definition) is 6. The van der Waals surface area contributed by atoms with Crippen molar-refractivity contribution in [1.29, 1.82) is 0 Å². The number of likely N-dealkylation sites (tertiary alicyclic amines) is 1. The molecule has 0 radical (unpaired) electrons. The molecule has 2 aliphatic carbocycles. The molecular formula is C17H27N5O2. The molecule has 3 aliphatic rings. The summed E-state index contributed by atoms with van der Waals surface area (Å²) in [7, 11) is 0. The van der Waals surface area contributed by atoms with Gasteiger partial charge in [0.2, 0.25) is 11.8 Å². The molecule has 1 aromatic rings. The first kappa shape index (κ1) is 16.0. The summed E-state index contributed by atoms with van der Waals surface area (Å²) in [6, 6.07) is 0.624. The van der Waals surface area contributed by atoms with Crippen LogP contribution in [0.25, 0.3) is 0 Å². The van der Waals surface area contributed by atoms with E-state index in [0.29, 0.717) is 18.0 Å². The molecule has 4 rings (SSSR count). The SMILES string of the molecule is C[C@H](N[C@H]1CCCN(Cc2noc(C3CC3)n2)C1)C(=O)NC1CC1. The zero-order chi connectivity index (χ0) is 16.5. The highest BCUT2D eigenvalue weighted by Gasteiger charge is 2.31. The summed E-state index contributed by atoms with van der Waals surface area (Å²) in [4.78, 5) is 19.0. The molecule has 1 aromatic heterocycles. The molecule has 0 bridgehead atoms. The van der Waals surface area contributed by atoms with Gasteiger partial charge in [0.1, 0.15) is 0 Å². The van der Waals surface area contributed by atoms with Crippen LogP contribution in [0, 0.1) is 0 Å². The Hall–Kier alpha value is -1.47. The summed E-state index contributed by atoms with van der Waals surface area (Å²) in [6.07, 6.45) is 6.85. The highest BCUT2D eigenvalue weighted by molar-refractivity contribution is 5.81. The highest BCUT2D eigenvalue weighted by Crippen LogP contribution is 2.38. The van der Waals surface area contributed by atoms with Crippen LogP contribution in [0.5, 0.6) is 0 Å². The summed E-state index contributed by atoms with van der Waals surface area (Å²) in [6.45, 7) is 4.66. The number of aromatic nitrogens is 2. The largest absolute Gasteiger partial charge is 0.352 e. The van der Waals surface area contributed by atoms with Crippen LogP contribution in [0.1, 0.15) is 63.1 Å². The maximum absolute atomic E-state index is 12.1. The van der Waals surface area contributed by atoms with Crippen molar-refractivity contribution in [2.45, 2.75) is 76.0 Å². The third-order valence-electron chi connectivity index (χ3n) is 5.08. The molecule has 2 atom stereocenters. The molecule has 2 heterocycles. The molecule has 2 saturated carbocycles. The minimum absolute atomic E-state index is 0.127. The van der Waals surface area contributed by atoms with Crippen molar-refractivity contribution in [3.63, 3.8) is 0 Å². The van der Waals surface area contributed by atoms with E-state index >= 15 is 0 Å². The first-order chi connectivity index (χ1) is 11.7. The Morgan fingerprint density at radius 3 is 2.88 bits per heavy atom. The number of hydrogen-bond donors (Lipinski definition) is 2. The lowest BCUT2D eigenvalue weighted by Gasteiger charge is -2.33. The van der Waals surface area contributed by atoms with Gasteiger partial charge in [-0.2, -0.15) is 4.98 Å². The molecule has 24 heavy (non-hydrogen) atoms. The van der Waals surface area contributed by atoms with Gasteiger partial charge in [0.15, 0.2) is 5.82 Å². The van der Waals surface area contributed by atoms with E-state index in [0.717, 1.165) is 57.0 Å². The van der Waals surface area contributed by atoms with E-state index in [1.165, 1.54) is 12.8 Å². The Kier molecular flexibility index (Phi) is 4.54. The molecule has 2 N–H and O–H groups in total. The maximum atomic E-state index is 12.1. The van der Waals surface area contributed by atoms with Gasteiger partial charge in [-0.25, -0.2) is 0 Å². The van der Waals surface area contributed by atoms with Crippen molar-refractivity contribution < 1.29 is 9.32 Å². The Morgan fingerprint density at radius 1 is 1.29 bits per heavy atom. The van der Waals surface area contributed by atoms with E-state index in [4.69, 9.17) is 4.52 Å². The monoisotopic (exact) mass is 333 g/mol. The second kappa shape index (κ2) is 6.80. The zero-order valence-corrected chi connectivity index (χ0v) is 14.3. The van der Waals surface area contributed by atoms with Gasteiger partial charge in [-0.15, -0.1) is 0 Å². The van der Waals surface area contributed by atoms with Crippen LogP contribution in [-0.2, 0) is 11.3 Å². The Balaban J connectivity index is 1.25. The van der Waals surface area contributed by atoms with Crippen LogP contribution in [0.3, 0.4) is 0 Å². The average molecular weight is 333 g/mol. The average Bonchev–Trinajstić information content (AvgIpc) is 3.49. The first-order valence-corrected chi connectivity index (χ1v) is 9.28. The van der Waals surface area contributed by atoms with Crippen LogP contribution in [0.2, 0.25) is 0 Å². The standard InChI is InChI=1S/C17H27N5O2/c1-11(16(23)19-13-6-7-13)18-14-3-2-8-22(9-14)10-15-20-17(24-21-15)12-4-5-12/h11-14,18H,2-10H2,1H3,(H,19,23)/t11-,14-/m0/s1. The third kappa shape index (κ3) is 4.13. The molecule has 0 aromatic carbocycles. The quantitative estimate of drug-likeness (QED) is 0.779. The van der Waals surface area contributed by atoms with Gasteiger partial charge >= 0.3 is 0 Å². The third-order valence-corrected chi connectivity index (χ3v) is 5.08. The molecule has 3 fully saturated rings. The van der Waals surface area contributed by atoms with Crippen LogP contribution < -0.4 is 10.6 Å². The lowest BCUT2D eigenvalue weighted by atomic mass is 10.0. The summed E-state index contributed by atoms with van der Waals surface area (Å²) in [5, 5.41) is 10.7. The molecule has 1 amide bonds. The number of piperidine rings is 1. The fraction of sp³-hybridized carbons (Fsp3) is 0.824. The number of rotatable bonds is 7. The van der Waals surface area contributed by atoms with Crippen LogP contribution >= 0.6 is 0 Å². The minimum atomic E-state index is -0.137. The summed E-state index contributed by atoms with van der Waals surface area (Å²) >= 11 is 0. The lowest BCUT2D eigenvalue weighted by Crippen LogP contribution is -2.52. The predicted octanol–water partition coefficient (Wildman–Crippen LogP) is 1.17. The van der Waals surface area contributed by atoms with Crippen LogP contribution in [0.4, 0.5) is 0 Å². The normalized spacial score (nSPS) is 26.3. The Bertz CT molecular complexity index is 581. The summed E-state index contributed by atoms with van der Waals surface area (Å²) in [5.41, 5.74) is 0. The van der Waals surface area contributed by atoms with E-state index in [1.54, 1.807) is 0 Å². The smallest absolute Gasteiger partial charge is 0.237 e. The highest BCUT2D eigenvalue weighted by atomic mass is 16.5. The first-order valence-electron chi connectivity index (χ1n) is 9.28. The number of carbonyl (C=O) groups is 1. The van der Waals surface area contributed by atoms with E-state index in [9.17, 15) is 4.79 Å². The molecular weight excluding hydrogens is 306 g/mol. The van der Waals surface area contributed by atoms with E-state index in [-0.39, 0.29) is 11.9 Å². The summed E-state index contributed by atoms with van der Waals surface area (Å²) < 4.78 is 5.34. The van der Waals surface area contributed by atoms with Crippen molar-refractivity contribution in [3.8, 4) is 0 Å². The van der Waals surface area contributed by atoms with E-state index in [2.05, 4.69) is 25.7 Å². The second-order valence-corrected chi connectivity index (χ2v) is 7.57. The maximum Gasteiger partial charge on any atom is 0.237 e. The summed E-state index contributed by atoms with van der Waals surface area (Å²) in [5.74, 6) is 2.23. The molecule has 0 spiro atoms. The zero-order valence-electron chi connectivity index (χ0n) is 14.3.